The summed E-state index contributed by atoms with van der Waals surface area (Å²) in [5.41, 5.74) is 1.33. The predicted octanol–water partition coefficient (Wildman–Crippen LogP) is 2.99. The summed E-state index contributed by atoms with van der Waals surface area (Å²) in [5.74, 6) is 1.05. The number of rotatable bonds is 6. The molecular formula is C14H20ClNO. The SMILES string of the molecule is CC(Cl)CCCNCC1Cc2ccccc2O1. The summed E-state index contributed by atoms with van der Waals surface area (Å²) in [4.78, 5) is 0. The van der Waals surface area contributed by atoms with Crippen LogP contribution in [0.1, 0.15) is 25.3 Å². The van der Waals surface area contributed by atoms with Gasteiger partial charge in [0.2, 0.25) is 0 Å². The van der Waals surface area contributed by atoms with E-state index in [1.165, 1.54) is 5.56 Å². The van der Waals surface area contributed by atoms with Gasteiger partial charge in [0.05, 0.1) is 0 Å². The Morgan fingerprint density at radius 2 is 2.29 bits per heavy atom. The Kier molecular flexibility index (Phi) is 4.69. The lowest BCUT2D eigenvalue weighted by molar-refractivity contribution is 0.227. The van der Waals surface area contributed by atoms with Gasteiger partial charge in [0.1, 0.15) is 11.9 Å². The van der Waals surface area contributed by atoms with Gasteiger partial charge in [0.25, 0.3) is 0 Å². The maximum Gasteiger partial charge on any atom is 0.123 e. The molecule has 1 N–H and O–H groups in total. The lowest BCUT2D eigenvalue weighted by Crippen LogP contribution is -2.30. The van der Waals surface area contributed by atoms with E-state index in [0.717, 1.165) is 38.1 Å². The standard InChI is InChI=1S/C14H20ClNO/c1-11(15)5-4-8-16-10-13-9-12-6-2-3-7-14(12)17-13/h2-3,6-7,11,13,16H,4-5,8-10H2,1H3. The second-order valence-corrected chi connectivity index (χ2v) is 5.42. The first-order chi connectivity index (χ1) is 8.25. The average molecular weight is 254 g/mol. The fourth-order valence-electron chi connectivity index (χ4n) is 2.14. The summed E-state index contributed by atoms with van der Waals surface area (Å²) in [6.07, 6.45) is 3.51. The molecular weight excluding hydrogens is 234 g/mol. The number of hydrogen-bond donors (Lipinski definition) is 1. The minimum absolute atomic E-state index is 0.281. The summed E-state index contributed by atoms with van der Waals surface area (Å²) in [7, 11) is 0. The maximum atomic E-state index is 5.89. The normalized spacial score (nSPS) is 19.8. The van der Waals surface area contributed by atoms with Crippen molar-refractivity contribution < 1.29 is 4.74 Å². The highest BCUT2D eigenvalue weighted by atomic mass is 35.5. The van der Waals surface area contributed by atoms with Crippen molar-refractivity contribution in [2.75, 3.05) is 13.1 Å². The summed E-state index contributed by atoms with van der Waals surface area (Å²) in [6, 6.07) is 8.28. The lowest BCUT2D eigenvalue weighted by atomic mass is 10.1. The van der Waals surface area contributed by atoms with E-state index in [1.54, 1.807) is 0 Å². The van der Waals surface area contributed by atoms with E-state index >= 15 is 0 Å². The third-order valence-corrected chi connectivity index (χ3v) is 3.26. The summed E-state index contributed by atoms with van der Waals surface area (Å²) in [6.45, 7) is 3.98. The van der Waals surface area contributed by atoms with Crippen molar-refractivity contribution in [1.29, 1.82) is 0 Å². The van der Waals surface area contributed by atoms with Crippen LogP contribution >= 0.6 is 11.6 Å². The number of para-hydroxylation sites is 1. The maximum absolute atomic E-state index is 5.89. The molecule has 2 rings (SSSR count). The van der Waals surface area contributed by atoms with Gasteiger partial charge in [-0.2, -0.15) is 0 Å². The van der Waals surface area contributed by atoms with Crippen LogP contribution in [-0.2, 0) is 6.42 Å². The molecule has 1 aliphatic rings. The molecule has 1 heterocycles. The average Bonchev–Trinajstić information content (AvgIpc) is 2.70. The second-order valence-electron chi connectivity index (χ2n) is 4.68. The number of fused-ring (bicyclic) bond motifs is 1. The molecule has 0 fully saturated rings. The Hall–Kier alpha value is -0.730. The Bertz CT molecular complexity index is 329. The molecule has 0 saturated carbocycles. The number of ether oxygens (including phenoxy) is 1. The molecule has 0 bridgehead atoms. The topological polar surface area (TPSA) is 21.3 Å². The Labute approximate surface area is 108 Å². The molecule has 3 heteroatoms. The van der Waals surface area contributed by atoms with E-state index in [1.807, 2.05) is 19.1 Å². The first-order valence-electron chi connectivity index (χ1n) is 6.35. The van der Waals surface area contributed by atoms with Crippen molar-refractivity contribution in [3.63, 3.8) is 0 Å². The Morgan fingerprint density at radius 1 is 1.47 bits per heavy atom. The zero-order valence-corrected chi connectivity index (χ0v) is 11.0. The smallest absolute Gasteiger partial charge is 0.123 e. The molecule has 0 radical (unpaired) electrons. The minimum atomic E-state index is 0.281. The van der Waals surface area contributed by atoms with Crippen LogP contribution in [0.3, 0.4) is 0 Å². The number of benzene rings is 1. The quantitative estimate of drug-likeness (QED) is 0.622. The number of halogens is 1. The molecule has 1 aliphatic heterocycles. The highest BCUT2D eigenvalue weighted by molar-refractivity contribution is 6.20. The third-order valence-electron chi connectivity index (χ3n) is 3.04. The van der Waals surface area contributed by atoms with Crippen LogP contribution in [0.15, 0.2) is 24.3 Å². The van der Waals surface area contributed by atoms with Crippen LogP contribution in [0.2, 0.25) is 0 Å². The van der Waals surface area contributed by atoms with Gasteiger partial charge in [-0.25, -0.2) is 0 Å². The fraction of sp³-hybridized carbons (Fsp3) is 0.571. The Morgan fingerprint density at radius 3 is 3.06 bits per heavy atom. The Balaban J connectivity index is 1.63. The molecule has 0 amide bonds. The van der Waals surface area contributed by atoms with Crippen LogP contribution in [0.5, 0.6) is 5.75 Å². The van der Waals surface area contributed by atoms with Crippen LogP contribution < -0.4 is 10.1 Å². The molecule has 17 heavy (non-hydrogen) atoms. The molecule has 0 aromatic heterocycles. The van der Waals surface area contributed by atoms with Crippen LogP contribution in [0.25, 0.3) is 0 Å². The summed E-state index contributed by atoms with van der Waals surface area (Å²) in [5, 5.41) is 3.72. The van der Waals surface area contributed by atoms with E-state index in [4.69, 9.17) is 16.3 Å². The van der Waals surface area contributed by atoms with E-state index in [-0.39, 0.29) is 5.38 Å². The van der Waals surface area contributed by atoms with Crippen LogP contribution in [-0.4, -0.2) is 24.6 Å². The largest absolute Gasteiger partial charge is 0.488 e. The zero-order valence-electron chi connectivity index (χ0n) is 10.3. The lowest BCUT2D eigenvalue weighted by Gasteiger charge is -2.12. The van der Waals surface area contributed by atoms with E-state index < -0.39 is 0 Å². The summed E-state index contributed by atoms with van der Waals surface area (Å²) < 4.78 is 5.85. The van der Waals surface area contributed by atoms with Gasteiger partial charge in [-0.3, -0.25) is 0 Å². The molecule has 0 spiro atoms. The monoisotopic (exact) mass is 253 g/mol. The number of nitrogens with one attached hydrogen (secondary N) is 1. The van der Waals surface area contributed by atoms with Crippen LogP contribution in [0.4, 0.5) is 0 Å². The van der Waals surface area contributed by atoms with Crippen molar-refractivity contribution in [3.05, 3.63) is 29.8 Å². The van der Waals surface area contributed by atoms with Crippen molar-refractivity contribution in [2.24, 2.45) is 0 Å². The van der Waals surface area contributed by atoms with Gasteiger partial charge in [0, 0.05) is 18.3 Å². The molecule has 1 aromatic rings. The molecule has 2 atom stereocenters. The van der Waals surface area contributed by atoms with Crippen LogP contribution in [0, 0.1) is 0 Å². The number of alkyl halides is 1. The van der Waals surface area contributed by atoms with Gasteiger partial charge in [-0.15, -0.1) is 11.6 Å². The minimum Gasteiger partial charge on any atom is -0.488 e. The fourth-order valence-corrected chi connectivity index (χ4v) is 2.29. The zero-order chi connectivity index (χ0) is 12.1. The van der Waals surface area contributed by atoms with Gasteiger partial charge >= 0.3 is 0 Å². The molecule has 1 aromatic carbocycles. The van der Waals surface area contributed by atoms with Crippen molar-refractivity contribution in [2.45, 2.75) is 37.7 Å². The van der Waals surface area contributed by atoms with Crippen molar-refractivity contribution in [1.82, 2.24) is 5.32 Å². The predicted molar refractivity (Wildman–Crippen MR) is 72.0 cm³/mol. The molecule has 2 unspecified atom stereocenters. The molecule has 0 aliphatic carbocycles. The first-order valence-corrected chi connectivity index (χ1v) is 6.78. The van der Waals surface area contributed by atoms with Gasteiger partial charge in [-0.05, 0) is 37.9 Å². The van der Waals surface area contributed by atoms with Crippen molar-refractivity contribution >= 4 is 11.6 Å². The first kappa shape index (κ1) is 12.7. The summed E-state index contributed by atoms with van der Waals surface area (Å²) >= 11 is 5.89. The highest BCUT2D eigenvalue weighted by Crippen LogP contribution is 2.27. The van der Waals surface area contributed by atoms with Gasteiger partial charge < -0.3 is 10.1 Å². The van der Waals surface area contributed by atoms with E-state index in [0.29, 0.717) is 6.10 Å². The third kappa shape index (κ3) is 3.90. The van der Waals surface area contributed by atoms with Gasteiger partial charge in [0.15, 0.2) is 0 Å². The molecule has 0 saturated heterocycles. The van der Waals surface area contributed by atoms with E-state index in [9.17, 15) is 0 Å². The highest BCUT2D eigenvalue weighted by Gasteiger charge is 2.21. The van der Waals surface area contributed by atoms with Gasteiger partial charge in [-0.1, -0.05) is 18.2 Å². The van der Waals surface area contributed by atoms with Crippen molar-refractivity contribution in [3.8, 4) is 5.75 Å². The molecule has 2 nitrogen and oxygen atoms in total. The second kappa shape index (κ2) is 6.27. The number of hydrogen-bond acceptors (Lipinski definition) is 2. The molecule has 94 valence electrons. The van der Waals surface area contributed by atoms with E-state index in [2.05, 4.69) is 17.4 Å².